The SMILES string of the molecule is C=Cc1c(C=C)n(-c2ccccc2)/c(=c2/c(=C)ccn2-c2ccc(-c3ccc(N(c4ccccc4)c4ccc(-c5ccccc5)cc4)cc3)cc2)c1=C. The van der Waals surface area contributed by atoms with Gasteiger partial charge in [-0.2, -0.15) is 0 Å². The Morgan fingerprint density at radius 2 is 0.906 bits per heavy atom. The second-order valence-electron chi connectivity index (χ2n) is 12.9. The molecule has 0 radical (unpaired) electrons. The van der Waals surface area contributed by atoms with Crippen LogP contribution in [0.1, 0.15) is 11.3 Å². The third-order valence-electron chi connectivity index (χ3n) is 9.81. The Hall–Kier alpha value is -7.10. The van der Waals surface area contributed by atoms with Crippen LogP contribution in [-0.4, -0.2) is 9.13 Å². The van der Waals surface area contributed by atoms with Gasteiger partial charge in [0, 0.05) is 45.4 Å². The Bertz CT molecular complexity index is 2740. The highest BCUT2D eigenvalue weighted by atomic mass is 15.1. The second-order valence-corrected chi connectivity index (χ2v) is 12.9. The smallest absolute Gasteiger partial charge is 0.0782 e. The van der Waals surface area contributed by atoms with Crippen LogP contribution in [-0.2, 0) is 0 Å². The third-order valence-corrected chi connectivity index (χ3v) is 9.81. The van der Waals surface area contributed by atoms with Crippen LogP contribution in [0.3, 0.4) is 0 Å². The molecule has 3 heteroatoms. The lowest BCUT2D eigenvalue weighted by Gasteiger charge is -2.26. The minimum absolute atomic E-state index is 0.886. The molecule has 0 aliphatic rings. The van der Waals surface area contributed by atoms with Crippen molar-refractivity contribution in [1.82, 2.24) is 9.13 Å². The average Bonchev–Trinajstić information content (AvgIpc) is 3.74. The van der Waals surface area contributed by atoms with E-state index in [1.807, 2.05) is 36.4 Å². The Labute approximate surface area is 310 Å². The van der Waals surface area contributed by atoms with Crippen molar-refractivity contribution in [2.24, 2.45) is 0 Å². The molecule has 8 rings (SSSR count). The van der Waals surface area contributed by atoms with Crippen molar-refractivity contribution in [2.75, 3.05) is 4.90 Å². The summed E-state index contributed by atoms with van der Waals surface area (Å²) in [5.41, 5.74) is 11.9. The second kappa shape index (κ2) is 14.3. The molecule has 0 spiro atoms. The minimum Gasteiger partial charge on any atom is -0.315 e. The number of aromatic nitrogens is 2. The molecule has 6 aromatic carbocycles. The fourth-order valence-corrected chi connectivity index (χ4v) is 7.21. The van der Waals surface area contributed by atoms with Gasteiger partial charge in [0.15, 0.2) is 0 Å². The maximum Gasteiger partial charge on any atom is 0.0782 e. The average molecular weight is 682 g/mol. The van der Waals surface area contributed by atoms with Gasteiger partial charge in [0.1, 0.15) is 0 Å². The van der Waals surface area contributed by atoms with E-state index in [4.69, 9.17) is 0 Å². The highest BCUT2D eigenvalue weighted by Gasteiger charge is 2.15. The zero-order chi connectivity index (χ0) is 36.3. The molecule has 2 aromatic heterocycles. The molecule has 2 heterocycles. The molecule has 0 amide bonds. The van der Waals surface area contributed by atoms with E-state index in [0.29, 0.717) is 0 Å². The van der Waals surface area contributed by atoms with Crippen LogP contribution >= 0.6 is 0 Å². The van der Waals surface area contributed by atoms with Crippen molar-refractivity contribution in [3.8, 4) is 33.6 Å². The van der Waals surface area contributed by atoms with Gasteiger partial charge in [-0.1, -0.05) is 136 Å². The van der Waals surface area contributed by atoms with Crippen molar-refractivity contribution in [1.29, 1.82) is 0 Å². The van der Waals surface area contributed by atoms with Crippen LogP contribution in [0.2, 0.25) is 0 Å². The lowest BCUT2D eigenvalue weighted by Crippen LogP contribution is -2.11. The molecule has 0 saturated carbocycles. The van der Waals surface area contributed by atoms with Crippen LogP contribution < -0.4 is 15.3 Å². The number of benzene rings is 6. The molecule has 254 valence electrons. The summed E-state index contributed by atoms with van der Waals surface area (Å²) in [7, 11) is 0. The number of hydrogen-bond donors (Lipinski definition) is 0. The van der Waals surface area contributed by atoms with Crippen LogP contribution in [0.15, 0.2) is 189 Å². The fourth-order valence-electron chi connectivity index (χ4n) is 7.21. The van der Waals surface area contributed by atoms with Gasteiger partial charge >= 0.3 is 0 Å². The largest absolute Gasteiger partial charge is 0.315 e. The molecule has 8 aromatic rings. The zero-order valence-corrected chi connectivity index (χ0v) is 29.6. The molecule has 0 N–H and O–H groups in total. The van der Waals surface area contributed by atoms with Crippen molar-refractivity contribution >= 4 is 42.4 Å². The van der Waals surface area contributed by atoms with Crippen LogP contribution in [0.5, 0.6) is 0 Å². The van der Waals surface area contributed by atoms with E-state index < -0.39 is 0 Å². The number of hydrogen-bond acceptors (Lipinski definition) is 1. The Morgan fingerprint density at radius 3 is 1.43 bits per heavy atom. The van der Waals surface area contributed by atoms with Crippen molar-refractivity contribution in [2.45, 2.75) is 0 Å². The summed E-state index contributed by atoms with van der Waals surface area (Å²) in [5.74, 6) is 0. The van der Waals surface area contributed by atoms with E-state index in [9.17, 15) is 0 Å². The lowest BCUT2D eigenvalue weighted by atomic mass is 10.0. The normalized spacial score (nSPS) is 11.6. The van der Waals surface area contributed by atoms with Gasteiger partial charge < -0.3 is 14.0 Å². The standard InChI is InChI=1S/C50H39N3/c1-5-47-37(4)50(53(48(47)6-2)44-20-14-9-15-21-44)49-36(3)34-35-51(49)42-28-22-40(23-29-42)41-26-32-46(33-27-41)52(43-18-12-8-13-19-43)45-30-24-39(25-31-45)38-16-10-7-11-17-38/h5-35H,1-4H2/b50-49-. The van der Waals surface area contributed by atoms with Gasteiger partial charge in [-0.15, -0.1) is 0 Å². The van der Waals surface area contributed by atoms with Gasteiger partial charge in [0.05, 0.1) is 16.4 Å². The Balaban J connectivity index is 1.16. The Morgan fingerprint density at radius 1 is 0.434 bits per heavy atom. The fraction of sp³-hybridized carbons (Fsp3) is 0. The molecule has 0 atom stereocenters. The summed E-state index contributed by atoms with van der Waals surface area (Å²) in [4.78, 5) is 2.29. The molecule has 3 nitrogen and oxygen atoms in total. The summed E-state index contributed by atoms with van der Waals surface area (Å²) in [5, 5.41) is 3.74. The first-order chi connectivity index (χ1) is 26.1. The zero-order valence-electron chi connectivity index (χ0n) is 29.6. The maximum absolute atomic E-state index is 4.52. The molecular formula is C50H39N3. The summed E-state index contributed by atoms with van der Waals surface area (Å²) in [6, 6.07) is 59.6. The topological polar surface area (TPSA) is 13.1 Å². The van der Waals surface area contributed by atoms with Crippen LogP contribution in [0, 0.1) is 10.7 Å². The number of nitrogens with zero attached hydrogens (tertiary/aromatic N) is 3. The predicted molar refractivity (Wildman–Crippen MR) is 225 cm³/mol. The van der Waals surface area contributed by atoms with E-state index in [1.165, 1.54) is 11.1 Å². The van der Waals surface area contributed by atoms with Crippen molar-refractivity contribution in [3.05, 3.63) is 222 Å². The minimum atomic E-state index is 0.886. The molecule has 0 aliphatic heterocycles. The van der Waals surface area contributed by atoms with Gasteiger partial charge in [0.25, 0.3) is 0 Å². The highest BCUT2D eigenvalue weighted by molar-refractivity contribution is 5.80. The summed E-state index contributed by atoms with van der Waals surface area (Å²) in [6.45, 7) is 17.2. The summed E-state index contributed by atoms with van der Waals surface area (Å²) >= 11 is 0. The third kappa shape index (κ3) is 6.15. The first kappa shape index (κ1) is 33.1. The maximum atomic E-state index is 4.52. The quantitative estimate of drug-likeness (QED) is 0.148. The predicted octanol–water partition coefficient (Wildman–Crippen LogP) is 11.5. The first-order valence-electron chi connectivity index (χ1n) is 17.7. The first-order valence-corrected chi connectivity index (χ1v) is 17.7. The molecule has 0 aliphatic carbocycles. The summed E-state index contributed by atoms with van der Waals surface area (Å²) in [6.07, 6.45) is 5.81. The molecular weight excluding hydrogens is 643 g/mol. The van der Waals surface area contributed by atoms with Gasteiger partial charge in [-0.3, -0.25) is 0 Å². The van der Waals surface area contributed by atoms with Crippen molar-refractivity contribution in [3.63, 3.8) is 0 Å². The van der Waals surface area contributed by atoms with Crippen LogP contribution in [0.25, 0.3) is 58.9 Å². The Kier molecular flexibility index (Phi) is 8.90. The van der Waals surface area contributed by atoms with E-state index in [1.54, 1.807) is 0 Å². The molecule has 0 saturated heterocycles. The van der Waals surface area contributed by atoms with Gasteiger partial charge in [-0.25, -0.2) is 0 Å². The van der Waals surface area contributed by atoms with Gasteiger partial charge in [0.2, 0.25) is 0 Å². The molecule has 0 unspecified atom stereocenters. The van der Waals surface area contributed by atoms with Gasteiger partial charge in [-0.05, 0) is 100 Å². The van der Waals surface area contributed by atoms with E-state index in [0.717, 1.165) is 72.0 Å². The van der Waals surface area contributed by atoms with E-state index >= 15 is 0 Å². The molecule has 0 bridgehead atoms. The monoisotopic (exact) mass is 681 g/mol. The van der Waals surface area contributed by atoms with E-state index in [-0.39, 0.29) is 0 Å². The highest BCUT2D eigenvalue weighted by Crippen LogP contribution is 2.36. The lowest BCUT2D eigenvalue weighted by molar-refractivity contribution is 0.949. The van der Waals surface area contributed by atoms with Crippen molar-refractivity contribution < 1.29 is 0 Å². The number of anilines is 3. The summed E-state index contributed by atoms with van der Waals surface area (Å²) < 4.78 is 4.40. The number of rotatable bonds is 9. The van der Waals surface area contributed by atoms with E-state index in [2.05, 4.69) is 192 Å². The molecule has 0 fully saturated rings. The molecule has 53 heavy (non-hydrogen) atoms. The number of para-hydroxylation sites is 2. The van der Waals surface area contributed by atoms with Crippen LogP contribution in [0.4, 0.5) is 17.1 Å².